The Morgan fingerprint density at radius 1 is 1.26 bits per heavy atom. The van der Waals surface area contributed by atoms with Crippen LogP contribution in [0.15, 0.2) is 29.4 Å². The number of fused-ring (bicyclic) bond motifs is 2. The van der Waals surface area contributed by atoms with E-state index in [1.807, 2.05) is 31.2 Å². The van der Waals surface area contributed by atoms with E-state index in [-0.39, 0.29) is 30.0 Å². The van der Waals surface area contributed by atoms with E-state index < -0.39 is 0 Å². The number of nitrogens with one attached hydrogen (secondary N) is 1. The van der Waals surface area contributed by atoms with Crippen molar-refractivity contribution >= 4 is 35.0 Å². The van der Waals surface area contributed by atoms with E-state index in [1.165, 1.54) is 18.2 Å². The number of benzene rings is 1. The minimum absolute atomic E-state index is 0.0255. The summed E-state index contributed by atoms with van der Waals surface area (Å²) in [5, 5.41) is 12.3. The quantitative estimate of drug-likeness (QED) is 0.822. The third-order valence-corrected chi connectivity index (χ3v) is 5.98. The fraction of sp³-hybridized carbons (Fsp3) is 0.474. The van der Waals surface area contributed by atoms with Gasteiger partial charge in [-0.05, 0) is 31.9 Å². The van der Waals surface area contributed by atoms with E-state index >= 15 is 0 Å². The van der Waals surface area contributed by atoms with E-state index in [1.54, 1.807) is 4.90 Å². The molecule has 0 saturated heterocycles. The molecule has 0 bridgehead atoms. The summed E-state index contributed by atoms with van der Waals surface area (Å²) in [4.78, 5) is 26.9. The van der Waals surface area contributed by atoms with Gasteiger partial charge in [0, 0.05) is 25.4 Å². The van der Waals surface area contributed by atoms with Crippen molar-refractivity contribution in [1.29, 1.82) is 0 Å². The predicted molar refractivity (Wildman–Crippen MR) is 105 cm³/mol. The first-order valence-electron chi connectivity index (χ1n) is 9.39. The van der Waals surface area contributed by atoms with Crippen molar-refractivity contribution in [2.24, 2.45) is 0 Å². The summed E-state index contributed by atoms with van der Waals surface area (Å²) in [6.45, 7) is 2.83. The van der Waals surface area contributed by atoms with Crippen LogP contribution in [0, 0.1) is 0 Å². The van der Waals surface area contributed by atoms with Crippen LogP contribution in [0.3, 0.4) is 0 Å². The Morgan fingerprint density at radius 3 is 3.00 bits per heavy atom. The average molecular weight is 385 g/mol. The predicted octanol–water partition coefficient (Wildman–Crippen LogP) is 2.86. The van der Waals surface area contributed by atoms with E-state index in [2.05, 4.69) is 20.1 Å². The highest BCUT2D eigenvalue weighted by molar-refractivity contribution is 7.99. The highest BCUT2D eigenvalue weighted by Gasteiger charge is 2.29. The molecule has 0 aliphatic carbocycles. The molecule has 142 valence electrons. The minimum atomic E-state index is -0.197. The molecule has 3 heterocycles. The van der Waals surface area contributed by atoms with Crippen LogP contribution in [0.2, 0.25) is 0 Å². The number of carbonyl (C=O) groups is 2. The molecule has 0 spiro atoms. The molecule has 0 unspecified atom stereocenters. The zero-order valence-corrected chi connectivity index (χ0v) is 16.2. The molecule has 0 radical (unpaired) electrons. The Morgan fingerprint density at radius 2 is 2.11 bits per heavy atom. The summed E-state index contributed by atoms with van der Waals surface area (Å²) >= 11 is 1.43. The molecule has 2 aliphatic heterocycles. The SMILES string of the molecule is C[C@@H]1CC(=O)Nc2ccccc2N1C(=O)CSc1nnc2n1CCCCC2. The van der Waals surface area contributed by atoms with Crippen LogP contribution >= 0.6 is 11.8 Å². The lowest BCUT2D eigenvalue weighted by molar-refractivity contribution is -0.117. The van der Waals surface area contributed by atoms with E-state index in [0.29, 0.717) is 5.69 Å². The van der Waals surface area contributed by atoms with Gasteiger partial charge in [0.1, 0.15) is 5.82 Å². The first-order valence-corrected chi connectivity index (χ1v) is 10.4. The van der Waals surface area contributed by atoms with Crippen molar-refractivity contribution in [3.05, 3.63) is 30.1 Å². The van der Waals surface area contributed by atoms with Gasteiger partial charge in [0.05, 0.1) is 17.1 Å². The molecule has 1 aromatic carbocycles. The maximum absolute atomic E-state index is 13.1. The van der Waals surface area contributed by atoms with Gasteiger partial charge in [-0.3, -0.25) is 9.59 Å². The molecule has 0 saturated carbocycles. The number of amides is 2. The van der Waals surface area contributed by atoms with Crippen LogP contribution in [0.1, 0.15) is 38.4 Å². The van der Waals surface area contributed by atoms with Crippen LogP contribution in [0.4, 0.5) is 11.4 Å². The van der Waals surface area contributed by atoms with Crippen molar-refractivity contribution in [2.75, 3.05) is 16.0 Å². The van der Waals surface area contributed by atoms with Crippen molar-refractivity contribution < 1.29 is 9.59 Å². The summed E-state index contributed by atoms with van der Waals surface area (Å²) in [7, 11) is 0. The average Bonchev–Trinajstić information content (AvgIpc) is 2.80. The van der Waals surface area contributed by atoms with Gasteiger partial charge >= 0.3 is 0 Å². The third kappa shape index (κ3) is 3.71. The zero-order chi connectivity index (χ0) is 18.8. The van der Waals surface area contributed by atoms with Gasteiger partial charge in [-0.1, -0.05) is 30.3 Å². The van der Waals surface area contributed by atoms with E-state index in [9.17, 15) is 9.59 Å². The number of thioether (sulfide) groups is 1. The maximum atomic E-state index is 13.1. The summed E-state index contributed by atoms with van der Waals surface area (Å²) < 4.78 is 2.15. The van der Waals surface area contributed by atoms with Gasteiger partial charge in [-0.25, -0.2) is 0 Å². The number of aryl methyl sites for hydroxylation is 1. The Kier molecular flexibility index (Phi) is 5.15. The second kappa shape index (κ2) is 7.72. The number of nitrogens with zero attached hydrogens (tertiary/aromatic N) is 4. The molecule has 8 heteroatoms. The second-order valence-corrected chi connectivity index (χ2v) is 7.97. The molecule has 4 rings (SSSR count). The third-order valence-electron chi connectivity index (χ3n) is 5.03. The zero-order valence-electron chi connectivity index (χ0n) is 15.4. The standard InChI is InChI=1S/C19H23N5O2S/c1-13-11-17(25)20-14-7-4-5-8-15(14)24(13)18(26)12-27-19-22-21-16-9-3-2-6-10-23(16)19/h4-5,7-8,13H,2-3,6,9-12H2,1H3,(H,20,25)/t13-/m1/s1. The highest BCUT2D eigenvalue weighted by Crippen LogP contribution is 2.32. The number of anilines is 2. The normalized spacial score (nSPS) is 19.5. The van der Waals surface area contributed by atoms with E-state index in [0.717, 1.165) is 42.5 Å². The number of rotatable bonds is 3. The minimum Gasteiger partial charge on any atom is -0.324 e. The largest absolute Gasteiger partial charge is 0.324 e. The van der Waals surface area contributed by atoms with Crippen LogP contribution in [0.25, 0.3) is 0 Å². The molecular weight excluding hydrogens is 362 g/mol. The van der Waals surface area contributed by atoms with Crippen LogP contribution < -0.4 is 10.2 Å². The van der Waals surface area contributed by atoms with Crippen LogP contribution in [-0.4, -0.2) is 38.4 Å². The van der Waals surface area contributed by atoms with Crippen molar-refractivity contribution in [2.45, 2.75) is 56.8 Å². The lowest BCUT2D eigenvalue weighted by Crippen LogP contribution is -2.40. The topological polar surface area (TPSA) is 80.1 Å². The van der Waals surface area contributed by atoms with Gasteiger partial charge in [-0.2, -0.15) is 0 Å². The number of para-hydroxylation sites is 2. The summed E-state index contributed by atoms with van der Waals surface area (Å²) in [6.07, 6.45) is 4.70. The Labute approximate surface area is 162 Å². The molecule has 27 heavy (non-hydrogen) atoms. The fourth-order valence-electron chi connectivity index (χ4n) is 3.73. The fourth-order valence-corrected chi connectivity index (χ4v) is 4.57. The Bertz CT molecular complexity index is 866. The number of carbonyl (C=O) groups excluding carboxylic acids is 2. The molecule has 1 aromatic heterocycles. The molecule has 1 atom stereocenters. The van der Waals surface area contributed by atoms with Crippen molar-refractivity contribution in [1.82, 2.24) is 14.8 Å². The van der Waals surface area contributed by atoms with Crippen molar-refractivity contribution in [3.63, 3.8) is 0 Å². The summed E-state index contributed by atoms with van der Waals surface area (Å²) in [5.41, 5.74) is 1.43. The van der Waals surface area contributed by atoms with Gasteiger partial charge in [0.2, 0.25) is 11.8 Å². The summed E-state index contributed by atoms with van der Waals surface area (Å²) in [5.74, 6) is 1.19. The van der Waals surface area contributed by atoms with Crippen LogP contribution in [-0.2, 0) is 22.6 Å². The second-order valence-electron chi connectivity index (χ2n) is 7.03. The van der Waals surface area contributed by atoms with Crippen LogP contribution in [0.5, 0.6) is 0 Å². The van der Waals surface area contributed by atoms with Gasteiger partial charge in [0.25, 0.3) is 0 Å². The molecule has 2 aliphatic rings. The van der Waals surface area contributed by atoms with E-state index in [4.69, 9.17) is 0 Å². The number of aromatic nitrogens is 3. The van der Waals surface area contributed by atoms with Gasteiger partial charge < -0.3 is 14.8 Å². The first kappa shape index (κ1) is 18.0. The Hall–Kier alpha value is -2.35. The molecule has 0 fully saturated rings. The maximum Gasteiger partial charge on any atom is 0.237 e. The Balaban J connectivity index is 1.53. The first-order chi connectivity index (χ1) is 13.1. The molecule has 1 N–H and O–H groups in total. The lowest BCUT2D eigenvalue weighted by Gasteiger charge is -2.27. The molecule has 2 aromatic rings. The smallest absolute Gasteiger partial charge is 0.237 e. The summed E-state index contributed by atoms with van der Waals surface area (Å²) in [6, 6.07) is 7.25. The van der Waals surface area contributed by atoms with Crippen molar-refractivity contribution in [3.8, 4) is 0 Å². The molecule has 7 nitrogen and oxygen atoms in total. The van der Waals surface area contributed by atoms with Gasteiger partial charge in [0.15, 0.2) is 5.16 Å². The lowest BCUT2D eigenvalue weighted by atomic mass is 10.2. The highest BCUT2D eigenvalue weighted by atomic mass is 32.2. The number of hydrogen-bond donors (Lipinski definition) is 1. The van der Waals surface area contributed by atoms with Gasteiger partial charge in [-0.15, -0.1) is 10.2 Å². The monoisotopic (exact) mass is 385 g/mol. The number of hydrogen-bond acceptors (Lipinski definition) is 5. The molecular formula is C19H23N5O2S. The molecule has 2 amide bonds.